The molecule has 142 valence electrons. The predicted octanol–water partition coefficient (Wildman–Crippen LogP) is 2.48. The number of aliphatic hydroxyl groups is 1. The smallest absolute Gasteiger partial charge is 0.336 e. The summed E-state index contributed by atoms with van der Waals surface area (Å²) in [6.07, 6.45) is 0.357. The Morgan fingerprint density at radius 3 is 2.70 bits per heavy atom. The Labute approximate surface area is 157 Å². The van der Waals surface area contributed by atoms with E-state index in [1.807, 2.05) is 26.0 Å². The van der Waals surface area contributed by atoms with Gasteiger partial charge in [-0.1, -0.05) is 0 Å². The number of benzene rings is 1. The first-order valence-electron chi connectivity index (χ1n) is 9.34. The molecule has 0 bridgehead atoms. The molecule has 1 fully saturated rings. The standard InChI is InChI=1S/C21H25N3O3/c1-12-4-18-15(8-21(26)27-20(18)5-13(12)2)9-24-10-16(19(25)11-24)7-17-6-14(3)22-23-17/h4-6,8,16,19,25H,7,9-11H2,1-3H3,(H,22,23)/t16-,19+/m1/s1. The van der Waals surface area contributed by atoms with Crippen molar-refractivity contribution in [3.8, 4) is 0 Å². The first-order valence-corrected chi connectivity index (χ1v) is 9.34. The summed E-state index contributed by atoms with van der Waals surface area (Å²) in [5, 5.41) is 18.7. The molecule has 2 N–H and O–H groups in total. The number of hydrogen-bond acceptors (Lipinski definition) is 5. The zero-order valence-electron chi connectivity index (χ0n) is 16.0. The van der Waals surface area contributed by atoms with Gasteiger partial charge in [0.2, 0.25) is 0 Å². The van der Waals surface area contributed by atoms with Gasteiger partial charge in [-0.3, -0.25) is 10.00 Å². The minimum atomic E-state index is -0.391. The van der Waals surface area contributed by atoms with Crippen LogP contribution in [-0.4, -0.2) is 39.4 Å². The quantitative estimate of drug-likeness (QED) is 0.692. The molecule has 6 nitrogen and oxygen atoms in total. The highest BCUT2D eigenvalue weighted by atomic mass is 16.4. The second-order valence-corrected chi connectivity index (χ2v) is 7.79. The molecule has 4 rings (SSSR count). The average Bonchev–Trinajstić information content (AvgIpc) is 3.15. The Bertz CT molecular complexity index is 1040. The minimum absolute atomic E-state index is 0.142. The van der Waals surface area contributed by atoms with Gasteiger partial charge in [0, 0.05) is 42.7 Å². The van der Waals surface area contributed by atoms with Gasteiger partial charge in [0.1, 0.15) is 5.58 Å². The van der Waals surface area contributed by atoms with Gasteiger partial charge in [-0.05, 0) is 62.1 Å². The molecule has 3 heterocycles. The van der Waals surface area contributed by atoms with Crippen LogP contribution >= 0.6 is 0 Å². The number of β-amino-alcohol motifs (C(OH)–C–C–N with tert-alkyl or cyclic N) is 1. The maximum Gasteiger partial charge on any atom is 0.336 e. The molecule has 0 spiro atoms. The van der Waals surface area contributed by atoms with Crippen molar-refractivity contribution in [2.75, 3.05) is 13.1 Å². The van der Waals surface area contributed by atoms with Crippen LogP contribution in [-0.2, 0) is 13.0 Å². The van der Waals surface area contributed by atoms with Crippen molar-refractivity contribution in [1.29, 1.82) is 0 Å². The average molecular weight is 367 g/mol. The fourth-order valence-corrected chi connectivity index (χ4v) is 3.97. The lowest BCUT2D eigenvalue weighted by molar-refractivity contribution is 0.140. The summed E-state index contributed by atoms with van der Waals surface area (Å²) in [5.41, 5.74) is 5.54. The van der Waals surface area contributed by atoms with Crippen molar-refractivity contribution in [3.05, 3.63) is 62.8 Å². The predicted molar refractivity (Wildman–Crippen MR) is 104 cm³/mol. The molecule has 2 atom stereocenters. The Kier molecular flexibility index (Phi) is 4.61. The summed E-state index contributed by atoms with van der Waals surface area (Å²) in [7, 11) is 0. The van der Waals surface area contributed by atoms with E-state index in [9.17, 15) is 9.90 Å². The number of fused-ring (bicyclic) bond motifs is 1. The number of aromatic nitrogens is 2. The van der Waals surface area contributed by atoms with Crippen LogP contribution in [0, 0.1) is 26.7 Å². The van der Waals surface area contributed by atoms with Gasteiger partial charge in [-0.2, -0.15) is 5.10 Å². The van der Waals surface area contributed by atoms with Gasteiger partial charge >= 0.3 is 5.63 Å². The van der Waals surface area contributed by atoms with Crippen molar-refractivity contribution < 1.29 is 9.52 Å². The van der Waals surface area contributed by atoms with Crippen LogP contribution in [0.1, 0.15) is 28.1 Å². The molecule has 1 aliphatic rings. The molecular formula is C21H25N3O3. The zero-order chi connectivity index (χ0) is 19.1. The minimum Gasteiger partial charge on any atom is -0.423 e. The number of aromatic amines is 1. The Hall–Kier alpha value is -2.44. The SMILES string of the molecule is Cc1cc(C[C@@H]2CN(Cc3cc(=O)oc4cc(C)c(C)cc34)C[C@@H]2O)n[nH]1. The monoisotopic (exact) mass is 367 g/mol. The number of nitrogens with one attached hydrogen (secondary N) is 1. The third-order valence-corrected chi connectivity index (χ3v) is 5.55. The van der Waals surface area contributed by atoms with Gasteiger partial charge in [0.25, 0.3) is 0 Å². The fraction of sp³-hybridized carbons (Fsp3) is 0.429. The fourth-order valence-electron chi connectivity index (χ4n) is 3.97. The molecule has 1 aromatic carbocycles. The molecule has 0 unspecified atom stereocenters. The molecular weight excluding hydrogens is 342 g/mol. The van der Waals surface area contributed by atoms with Gasteiger partial charge in [0.05, 0.1) is 11.8 Å². The van der Waals surface area contributed by atoms with Gasteiger partial charge in [-0.15, -0.1) is 0 Å². The molecule has 0 saturated carbocycles. The summed E-state index contributed by atoms with van der Waals surface area (Å²) >= 11 is 0. The number of H-pyrrole nitrogens is 1. The number of likely N-dealkylation sites (tertiary alicyclic amines) is 1. The van der Waals surface area contributed by atoms with E-state index >= 15 is 0 Å². The summed E-state index contributed by atoms with van der Waals surface area (Å²) in [4.78, 5) is 14.2. The number of hydrogen-bond donors (Lipinski definition) is 2. The Morgan fingerprint density at radius 2 is 1.96 bits per heavy atom. The van der Waals surface area contributed by atoms with Crippen LogP contribution in [0.15, 0.2) is 33.5 Å². The first kappa shape index (κ1) is 17.9. The normalized spacial score (nSPS) is 20.6. The van der Waals surface area contributed by atoms with Gasteiger partial charge < -0.3 is 9.52 Å². The molecule has 3 aromatic rings. The Morgan fingerprint density at radius 1 is 1.19 bits per heavy atom. The van der Waals surface area contributed by atoms with Crippen LogP contribution in [0.3, 0.4) is 0 Å². The Balaban J connectivity index is 1.56. The lowest BCUT2D eigenvalue weighted by atomic mass is 10.00. The molecule has 27 heavy (non-hydrogen) atoms. The van der Waals surface area contributed by atoms with Crippen LogP contribution in [0.4, 0.5) is 0 Å². The zero-order valence-corrected chi connectivity index (χ0v) is 16.0. The van der Waals surface area contributed by atoms with Crippen LogP contribution in [0.25, 0.3) is 11.0 Å². The summed E-state index contributed by atoms with van der Waals surface area (Å²) in [6.45, 7) is 8.05. The van der Waals surface area contributed by atoms with Crippen molar-refractivity contribution in [2.24, 2.45) is 5.92 Å². The number of nitrogens with zero attached hydrogens (tertiary/aromatic N) is 2. The second kappa shape index (κ2) is 6.94. The number of aryl methyl sites for hydroxylation is 3. The van der Waals surface area contributed by atoms with Crippen molar-refractivity contribution in [1.82, 2.24) is 15.1 Å². The lowest BCUT2D eigenvalue weighted by Gasteiger charge is -2.17. The first-order chi connectivity index (χ1) is 12.9. The molecule has 0 radical (unpaired) electrons. The van der Waals surface area contributed by atoms with Crippen LogP contribution in [0.2, 0.25) is 0 Å². The molecule has 2 aromatic heterocycles. The molecule has 6 heteroatoms. The van der Waals surface area contributed by atoms with Crippen molar-refractivity contribution in [2.45, 2.75) is 39.8 Å². The third-order valence-electron chi connectivity index (χ3n) is 5.55. The summed E-state index contributed by atoms with van der Waals surface area (Å²) in [6, 6.07) is 7.61. The summed E-state index contributed by atoms with van der Waals surface area (Å²) < 4.78 is 5.39. The highest BCUT2D eigenvalue weighted by molar-refractivity contribution is 5.81. The van der Waals surface area contributed by atoms with E-state index in [1.54, 1.807) is 6.07 Å². The van der Waals surface area contributed by atoms with Gasteiger partial charge in [-0.25, -0.2) is 4.79 Å². The van der Waals surface area contributed by atoms with Crippen LogP contribution in [0.5, 0.6) is 0 Å². The molecule has 1 aliphatic heterocycles. The molecule has 0 aliphatic carbocycles. The van der Waals surface area contributed by atoms with E-state index in [-0.39, 0.29) is 11.5 Å². The molecule has 0 amide bonds. The molecule has 1 saturated heterocycles. The van der Waals surface area contributed by atoms with E-state index in [2.05, 4.69) is 28.1 Å². The number of rotatable bonds is 4. The van der Waals surface area contributed by atoms with E-state index in [1.165, 1.54) is 5.56 Å². The maximum atomic E-state index is 12.0. The highest BCUT2D eigenvalue weighted by Crippen LogP contribution is 2.26. The lowest BCUT2D eigenvalue weighted by Crippen LogP contribution is -2.22. The third kappa shape index (κ3) is 3.68. The number of aliphatic hydroxyl groups excluding tert-OH is 1. The highest BCUT2D eigenvalue weighted by Gasteiger charge is 2.32. The summed E-state index contributed by atoms with van der Waals surface area (Å²) in [5.74, 6) is 0.142. The van der Waals surface area contributed by atoms with E-state index < -0.39 is 6.10 Å². The van der Waals surface area contributed by atoms with Crippen molar-refractivity contribution in [3.63, 3.8) is 0 Å². The van der Waals surface area contributed by atoms with E-state index in [0.717, 1.165) is 40.9 Å². The van der Waals surface area contributed by atoms with E-state index in [4.69, 9.17) is 4.42 Å². The van der Waals surface area contributed by atoms with Gasteiger partial charge in [0.15, 0.2) is 0 Å². The van der Waals surface area contributed by atoms with E-state index in [0.29, 0.717) is 18.7 Å². The topological polar surface area (TPSA) is 82.4 Å². The van der Waals surface area contributed by atoms with Crippen molar-refractivity contribution >= 4 is 11.0 Å². The second-order valence-electron chi connectivity index (χ2n) is 7.79. The largest absolute Gasteiger partial charge is 0.423 e. The maximum absolute atomic E-state index is 12.0. The van der Waals surface area contributed by atoms with Crippen LogP contribution < -0.4 is 5.63 Å².